The summed E-state index contributed by atoms with van der Waals surface area (Å²) < 4.78 is 42.3. The number of rotatable bonds is 8. The van der Waals surface area contributed by atoms with Crippen LogP contribution in [-0.4, -0.2) is 122 Å². The number of carbonyl (C=O) groups excluding carboxylic acids is 4. The highest BCUT2D eigenvalue weighted by molar-refractivity contribution is 6.30. The zero-order valence-corrected chi connectivity index (χ0v) is 33.2. The van der Waals surface area contributed by atoms with E-state index in [1.807, 2.05) is 25.9 Å². The molecule has 3 aliphatic rings. The fourth-order valence-electron chi connectivity index (χ4n) is 7.75. The Morgan fingerprint density at radius 3 is 2.26 bits per heavy atom. The maximum absolute atomic E-state index is 14.1. The van der Waals surface area contributed by atoms with Crippen molar-refractivity contribution >= 4 is 35.6 Å². The molecule has 0 radical (unpaired) electrons. The maximum Gasteiger partial charge on any atom is 0.509 e. The largest absolute Gasteiger partial charge is 0.509 e. The number of esters is 2. The third-order valence-corrected chi connectivity index (χ3v) is 11.1. The van der Waals surface area contributed by atoms with Crippen LogP contribution in [-0.2, 0) is 54.0 Å². The predicted octanol–water partition coefficient (Wildman–Crippen LogP) is 4.05. The number of nitrogens with zero attached hydrogens (tertiary/aromatic N) is 1. The van der Waals surface area contributed by atoms with Crippen molar-refractivity contribution in [3.63, 3.8) is 0 Å². The molecule has 1 amide bonds. The van der Waals surface area contributed by atoms with Crippen LogP contribution in [0.5, 0.6) is 0 Å². The molecule has 1 aromatic carbocycles. The summed E-state index contributed by atoms with van der Waals surface area (Å²) >= 11 is 6.07. The zero-order valence-electron chi connectivity index (χ0n) is 32.4. The molecule has 3 saturated heterocycles. The summed E-state index contributed by atoms with van der Waals surface area (Å²) in [5, 5.41) is 15.1. The van der Waals surface area contributed by atoms with Crippen LogP contribution in [0, 0.1) is 17.8 Å². The molecule has 0 spiro atoms. The van der Waals surface area contributed by atoms with E-state index in [-0.39, 0.29) is 31.4 Å². The van der Waals surface area contributed by atoms with Crippen molar-refractivity contribution < 1.29 is 57.4 Å². The van der Waals surface area contributed by atoms with E-state index in [2.05, 4.69) is 5.32 Å². The van der Waals surface area contributed by atoms with Crippen molar-refractivity contribution in [1.29, 1.82) is 0 Å². The van der Waals surface area contributed by atoms with Crippen LogP contribution in [0.1, 0.15) is 73.3 Å². The van der Waals surface area contributed by atoms with Crippen LogP contribution in [0.25, 0.3) is 0 Å². The Labute approximate surface area is 317 Å². The highest BCUT2D eigenvalue weighted by Gasteiger charge is 2.52. The molecular weight excluding hydrogens is 712 g/mol. The molecule has 14 atom stereocenters. The van der Waals surface area contributed by atoms with Crippen LogP contribution in [0.15, 0.2) is 24.3 Å². The van der Waals surface area contributed by atoms with Gasteiger partial charge in [-0.1, -0.05) is 37.6 Å². The van der Waals surface area contributed by atoms with Crippen molar-refractivity contribution in [2.24, 2.45) is 17.8 Å². The van der Waals surface area contributed by atoms with E-state index in [9.17, 15) is 24.3 Å². The second-order valence-corrected chi connectivity index (χ2v) is 15.7. The minimum absolute atomic E-state index is 0.114. The number of likely N-dealkylation sites (N-methyl/N-ethyl adjacent to an activating group) is 1. The Bertz CT molecular complexity index is 1430. The van der Waals surface area contributed by atoms with Gasteiger partial charge < -0.3 is 48.5 Å². The fraction of sp³-hybridized carbons (Fsp3) is 0.737. The first kappa shape index (κ1) is 42.7. The highest BCUT2D eigenvalue weighted by Crippen LogP contribution is 2.38. The number of cyclic esters (lactones) is 1. The average molecular weight is 769 g/mol. The molecule has 1 aromatic rings. The van der Waals surface area contributed by atoms with Gasteiger partial charge in [0.1, 0.15) is 18.3 Å². The number of nitrogens with one attached hydrogen (secondary N) is 1. The van der Waals surface area contributed by atoms with E-state index in [4.69, 9.17) is 44.8 Å². The van der Waals surface area contributed by atoms with E-state index in [1.54, 1.807) is 65.8 Å². The average Bonchev–Trinajstić information content (AvgIpc) is 3.49. The van der Waals surface area contributed by atoms with Gasteiger partial charge in [0.25, 0.3) is 0 Å². The van der Waals surface area contributed by atoms with Gasteiger partial charge in [0.2, 0.25) is 5.91 Å². The second kappa shape index (κ2) is 18.1. The Morgan fingerprint density at radius 2 is 1.66 bits per heavy atom. The summed E-state index contributed by atoms with van der Waals surface area (Å²) in [6.45, 7) is 12.2. The van der Waals surface area contributed by atoms with Gasteiger partial charge in [-0.05, 0) is 85.7 Å². The first-order valence-electron chi connectivity index (χ1n) is 18.4. The molecule has 2 N–H and O–H groups in total. The van der Waals surface area contributed by atoms with Crippen molar-refractivity contribution in [3.05, 3.63) is 34.9 Å². The summed E-state index contributed by atoms with van der Waals surface area (Å²) in [5.74, 6) is -4.52. The van der Waals surface area contributed by atoms with E-state index < -0.39 is 96.3 Å². The Balaban J connectivity index is 1.81. The van der Waals surface area contributed by atoms with Crippen LogP contribution in [0.3, 0.4) is 0 Å². The number of hydrogen-bond donors (Lipinski definition) is 2. The lowest BCUT2D eigenvalue weighted by atomic mass is 9.78. The van der Waals surface area contributed by atoms with Gasteiger partial charge in [0, 0.05) is 30.1 Å². The summed E-state index contributed by atoms with van der Waals surface area (Å²) in [7, 11) is 5.24. The Hall–Kier alpha value is -3.01. The molecule has 4 rings (SSSR count). The minimum Gasteiger partial charge on any atom is -0.461 e. The van der Waals surface area contributed by atoms with Gasteiger partial charge in [0.15, 0.2) is 18.5 Å². The molecule has 3 fully saturated rings. The third-order valence-electron chi connectivity index (χ3n) is 10.8. The number of amides is 1. The number of methoxy groups -OCH3 is 1. The molecule has 53 heavy (non-hydrogen) atoms. The van der Waals surface area contributed by atoms with Gasteiger partial charge in [-0.2, -0.15) is 0 Å². The smallest absolute Gasteiger partial charge is 0.461 e. The predicted molar refractivity (Wildman–Crippen MR) is 193 cm³/mol. The third kappa shape index (κ3) is 10.2. The maximum atomic E-state index is 14.1. The molecule has 0 saturated carbocycles. The van der Waals surface area contributed by atoms with Crippen LogP contribution in [0.2, 0.25) is 5.02 Å². The summed E-state index contributed by atoms with van der Waals surface area (Å²) in [6.07, 6.45) is -7.81. The molecule has 0 unspecified atom stereocenters. The second-order valence-electron chi connectivity index (χ2n) is 15.3. The lowest BCUT2D eigenvalue weighted by molar-refractivity contribution is -0.301. The van der Waals surface area contributed by atoms with Gasteiger partial charge in [-0.3, -0.25) is 14.4 Å². The number of aliphatic hydroxyl groups is 1. The molecule has 0 aromatic heterocycles. The Morgan fingerprint density at radius 1 is 1.02 bits per heavy atom. The van der Waals surface area contributed by atoms with Crippen molar-refractivity contribution in [2.45, 2.75) is 141 Å². The normalized spacial score (nSPS) is 38.7. The van der Waals surface area contributed by atoms with Crippen molar-refractivity contribution in [2.75, 3.05) is 21.2 Å². The summed E-state index contributed by atoms with van der Waals surface area (Å²) in [6, 6.07) is 5.94. The van der Waals surface area contributed by atoms with E-state index in [0.717, 1.165) is 0 Å². The van der Waals surface area contributed by atoms with E-state index in [0.29, 0.717) is 17.0 Å². The quantitative estimate of drug-likeness (QED) is 0.287. The van der Waals surface area contributed by atoms with Crippen LogP contribution >= 0.6 is 11.6 Å². The molecule has 14 nitrogen and oxygen atoms in total. The SMILES string of the molecule is CC[C@H]1OC(=O)[C@H](C)[C@@H](OC(=O)Cc2ccc(Cl)cc2)[C@H](C)[C@H](O[C@@H]2O[C@H](C)C[C@@H](N(C)C)[C@H]2O)[C@](C)(OC)C[C@@H](C)NC(=O)[C@H](C)[C@@H]2OC(=O)O[C@@H]21. The topological polar surface area (TPSA) is 168 Å². The Kier molecular flexibility index (Phi) is 14.6. The van der Waals surface area contributed by atoms with Gasteiger partial charge in [0.05, 0.1) is 36.1 Å². The standard InChI is InChI=1S/C38H57ClN2O12/c1-11-27-32-31(51-37(46)52-32)22(5)34(44)40-19(2)18-38(7,47-10)33(53-36-29(43)26(41(8)9)16-20(3)48-36)21(4)30(23(6)35(45)49-27)50-28(42)17-24-12-14-25(39)15-13-24/h12-15,19-23,26-27,29-33,36,43H,11,16-18H2,1-10H3,(H,40,44)/t19-,20-,21+,22-,23-,26-,27-,29-,30+,31+,32-,33+,36+,38-/m1/s1. The van der Waals surface area contributed by atoms with E-state index >= 15 is 0 Å². The van der Waals surface area contributed by atoms with Gasteiger partial charge >= 0.3 is 18.1 Å². The van der Waals surface area contributed by atoms with E-state index in [1.165, 1.54) is 7.11 Å². The lowest BCUT2D eigenvalue weighted by Crippen LogP contribution is -2.60. The summed E-state index contributed by atoms with van der Waals surface area (Å²) in [5.41, 5.74) is -0.579. The first-order valence-corrected chi connectivity index (χ1v) is 18.8. The number of halogens is 1. The van der Waals surface area contributed by atoms with Crippen LogP contribution < -0.4 is 5.32 Å². The molecule has 0 bridgehead atoms. The molecular formula is C38H57ClN2O12. The zero-order chi connectivity index (χ0) is 39.4. The highest BCUT2D eigenvalue weighted by atomic mass is 35.5. The fourth-order valence-corrected chi connectivity index (χ4v) is 7.88. The number of hydrogen-bond acceptors (Lipinski definition) is 13. The number of benzene rings is 1. The van der Waals surface area contributed by atoms with Gasteiger partial charge in [-0.15, -0.1) is 0 Å². The molecule has 298 valence electrons. The molecule has 0 aliphatic carbocycles. The summed E-state index contributed by atoms with van der Waals surface area (Å²) in [4.78, 5) is 55.8. The molecule has 15 heteroatoms. The monoisotopic (exact) mass is 768 g/mol. The number of fused-ring (bicyclic) bond motifs is 1. The number of carbonyl (C=O) groups is 4. The minimum atomic E-state index is -1.23. The first-order chi connectivity index (χ1) is 24.9. The number of ether oxygens (including phenoxy) is 7. The van der Waals surface area contributed by atoms with Gasteiger partial charge in [-0.25, -0.2) is 4.79 Å². The van der Waals surface area contributed by atoms with Crippen molar-refractivity contribution in [3.8, 4) is 0 Å². The lowest BCUT2D eigenvalue weighted by Gasteiger charge is -2.48. The molecule has 3 aliphatic heterocycles. The molecule has 3 heterocycles. The van der Waals surface area contributed by atoms with Crippen LogP contribution in [0.4, 0.5) is 4.79 Å². The number of aliphatic hydroxyl groups excluding tert-OH is 1. The van der Waals surface area contributed by atoms with Crippen molar-refractivity contribution in [1.82, 2.24) is 10.2 Å².